The number of nitrogens with zero attached hydrogens (tertiary/aromatic N) is 1. The monoisotopic (exact) mass is 262 g/mol. The summed E-state index contributed by atoms with van der Waals surface area (Å²) >= 11 is 0. The molecule has 0 saturated carbocycles. The maximum Gasteiger partial charge on any atom is 0.128 e. The van der Waals surface area contributed by atoms with Crippen LogP contribution in [-0.4, -0.2) is 11.5 Å². The van der Waals surface area contributed by atoms with Crippen molar-refractivity contribution in [1.82, 2.24) is 4.98 Å². The molecule has 2 aromatic carbocycles. The smallest absolute Gasteiger partial charge is 0.128 e. The highest BCUT2D eigenvalue weighted by atomic mass is 16.5. The maximum absolute atomic E-state index is 5.89. The lowest BCUT2D eigenvalue weighted by atomic mass is 10.1. The van der Waals surface area contributed by atoms with Gasteiger partial charge in [-0.1, -0.05) is 18.2 Å². The minimum absolute atomic E-state index is 0.840. The molecule has 1 aromatic heterocycles. The molecule has 3 heteroatoms. The van der Waals surface area contributed by atoms with Crippen LogP contribution in [0.15, 0.2) is 54.7 Å². The van der Waals surface area contributed by atoms with E-state index in [4.69, 9.17) is 4.74 Å². The minimum Gasteiger partial charge on any atom is -0.457 e. The number of para-hydroxylation sites is 1. The average molecular weight is 262 g/mol. The zero-order chi connectivity index (χ0) is 13.4. The Morgan fingerprint density at radius 1 is 1.00 bits per heavy atom. The molecular weight excluding hydrogens is 248 g/mol. The molecule has 20 heavy (non-hydrogen) atoms. The first-order valence-corrected chi connectivity index (χ1v) is 6.78. The van der Waals surface area contributed by atoms with Gasteiger partial charge >= 0.3 is 0 Å². The van der Waals surface area contributed by atoms with Gasteiger partial charge in [0, 0.05) is 23.8 Å². The van der Waals surface area contributed by atoms with Crippen LogP contribution in [0.3, 0.4) is 0 Å². The van der Waals surface area contributed by atoms with Crippen molar-refractivity contribution in [2.75, 3.05) is 11.9 Å². The van der Waals surface area contributed by atoms with Crippen LogP contribution in [-0.2, 0) is 6.42 Å². The molecule has 0 aliphatic carbocycles. The molecule has 3 nitrogen and oxygen atoms in total. The number of ether oxygens (including phenoxy) is 1. The van der Waals surface area contributed by atoms with E-state index in [1.165, 1.54) is 11.3 Å². The van der Waals surface area contributed by atoms with E-state index in [2.05, 4.69) is 16.4 Å². The van der Waals surface area contributed by atoms with Crippen molar-refractivity contribution in [3.63, 3.8) is 0 Å². The molecule has 0 amide bonds. The van der Waals surface area contributed by atoms with Crippen LogP contribution < -0.4 is 10.1 Å². The SMILES string of the molecule is c1ccc(Oc2ccc3ncc4c(c3c2)NCC4)cc1. The summed E-state index contributed by atoms with van der Waals surface area (Å²) in [6.45, 7) is 0.986. The van der Waals surface area contributed by atoms with Gasteiger partial charge in [-0.05, 0) is 42.3 Å². The van der Waals surface area contributed by atoms with Crippen molar-refractivity contribution < 1.29 is 4.74 Å². The molecule has 0 spiro atoms. The Morgan fingerprint density at radius 2 is 1.90 bits per heavy atom. The molecule has 0 atom stereocenters. The number of hydrogen-bond acceptors (Lipinski definition) is 3. The second kappa shape index (κ2) is 4.53. The largest absolute Gasteiger partial charge is 0.457 e. The van der Waals surface area contributed by atoms with Gasteiger partial charge in [-0.15, -0.1) is 0 Å². The normalized spacial score (nSPS) is 13.0. The van der Waals surface area contributed by atoms with Crippen LogP contribution in [0.1, 0.15) is 5.56 Å². The average Bonchev–Trinajstić information content (AvgIpc) is 2.97. The van der Waals surface area contributed by atoms with Gasteiger partial charge in [0.1, 0.15) is 11.5 Å². The number of aromatic nitrogens is 1. The Labute approximate surface area is 117 Å². The summed E-state index contributed by atoms with van der Waals surface area (Å²) in [5.41, 5.74) is 3.49. The van der Waals surface area contributed by atoms with Gasteiger partial charge in [0.2, 0.25) is 0 Å². The van der Waals surface area contributed by atoms with Gasteiger partial charge in [0.25, 0.3) is 0 Å². The Balaban J connectivity index is 1.78. The Bertz CT molecular complexity index is 769. The summed E-state index contributed by atoms with van der Waals surface area (Å²) in [7, 11) is 0. The Kier molecular flexibility index (Phi) is 2.56. The third-order valence-electron chi connectivity index (χ3n) is 3.59. The van der Waals surface area contributed by atoms with Crippen molar-refractivity contribution in [3.05, 3.63) is 60.3 Å². The van der Waals surface area contributed by atoms with E-state index in [1.54, 1.807) is 0 Å². The number of nitrogens with one attached hydrogen (secondary N) is 1. The van der Waals surface area contributed by atoms with E-state index in [0.29, 0.717) is 0 Å². The number of rotatable bonds is 2. The molecule has 3 aromatic rings. The first-order chi connectivity index (χ1) is 9.90. The van der Waals surface area contributed by atoms with Gasteiger partial charge < -0.3 is 10.1 Å². The lowest BCUT2D eigenvalue weighted by molar-refractivity contribution is 0.483. The first-order valence-electron chi connectivity index (χ1n) is 6.78. The Hall–Kier alpha value is -2.55. The first kappa shape index (κ1) is 11.3. The zero-order valence-corrected chi connectivity index (χ0v) is 11.0. The van der Waals surface area contributed by atoms with Gasteiger partial charge in [-0.3, -0.25) is 4.98 Å². The molecule has 0 saturated heterocycles. The molecule has 0 fully saturated rings. The molecule has 1 aliphatic rings. The highest BCUT2D eigenvalue weighted by Crippen LogP contribution is 2.33. The van der Waals surface area contributed by atoms with Crippen molar-refractivity contribution in [2.45, 2.75) is 6.42 Å². The van der Waals surface area contributed by atoms with Crippen molar-refractivity contribution in [2.24, 2.45) is 0 Å². The third-order valence-corrected chi connectivity index (χ3v) is 3.59. The van der Waals surface area contributed by atoms with Crippen molar-refractivity contribution in [3.8, 4) is 11.5 Å². The number of benzene rings is 2. The van der Waals surface area contributed by atoms with Crippen molar-refractivity contribution in [1.29, 1.82) is 0 Å². The minimum atomic E-state index is 0.840. The number of anilines is 1. The lowest BCUT2D eigenvalue weighted by Gasteiger charge is -2.09. The highest BCUT2D eigenvalue weighted by Gasteiger charge is 2.14. The van der Waals surface area contributed by atoms with E-state index >= 15 is 0 Å². The van der Waals surface area contributed by atoms with Gasteiger partial charge in [-0.2, -0.15) is 0 Å². The molecule has 2 heterocycles. The maximum atomic E-state index is 5.89. The summed E-state index contributed by atoms with van der Waals surface area (Å²) in [6, 6.07) is 15.9. The highest BCUT2D eigenvalue weighted by molar-refractivity contribution is 5.94. The fourth-order valence-corrected chi connectivity index (χ4v) is 2.62. The molecule has 1 N–H and O–H groups in total. The van der Waals surface area contributed by atoms with E-state index in [-0.39, 0.29) is 0 Å². The summed E-state index contributed by atoms with van der Waals surface area (Å²) in [5, 5.41) is 4.57. The van der Waals surface area contributed by atoms with Gasteiger partial charge in [-0.25, -0.2) is 0 Å². The molecular formula is C17H14N2O. The fraction of sp³-hybridized carbons (Fsp3) is 0.118. The zero-order valence-electron chi connectivity index (χ0n) is 11.0. The fourth-order valence-electron chi connectivity index (χ4n) is 2.62. The number of hydrogen-bond donors (Lipinski definition) is 1. The van der Waals surface area contributed by atoms with E-state index in [9.17, 15) is 0 Å². The van der Waals surface area contributed by atoms with Gasteiger partial charge in [0.05, 0.1) is 5.52 Å². The summed E-state index contributed by atoms with van der Waals surface area (Å²) in [6.07, 6.45) is 3.01. The molecule has 0 radical (unpaired) electrons. The van der Waals surface area contributed by atoms with E-state index < -0.39 is 0 Å². The van der Waals surface area contributed by atoms with Crippen molar-refractivity contribution >= 4 is 16.6 Å². The van der Waals surface area contributed by atoms with Crippen LogP contribution in [0.2, 0.25) is 0 Å². The predicted octanol–water partition coefficient (Wildman–Crippen LogP) is 4.00. The second-order valence-electron chi connectivity index (χ2n) is 4.93. The van der Waals surface area contributed by atoms with E-state index in [0.717, 1.165) is 35.4 Å². The summed E-state index contributed by atoms with van der Waals surface area (Å²) < 4.78 is 5.89. The van der Waals surface area contributed by atoms with Gasteiger partial charge in [0.15, 0.2) is 0 Å². The second-order valence-corrected chi connectivity index (χ2v) is 4.93. The number of fused-ring (bicyclic) bond motifs is 3. The van der Waals surface area contributed by atoms with Crippen LogP contribution in [0.4, 0.5) is 5.69 Å². The predicted molar refractivity (Wildman–Crippen MR) is 80.5 cm³/mol. The summed E-state index contributed by atoms with van der Waals surface area (Å²) in [5.74, 6) is 1.69. The molecule has 98 valence electrons. The topological polar surface area (TPSA) is 34.1 Å². The third kappa shape index (κ3) is 1.88. The molecule has 1 aliphatic heterocycles. The van der Waals surface area contributed by atoms with Crippen LogP contribution in [0.25, 0.3) is 10.9 Å². The van der Waals surface area contributed by atoms with Crippen LogP contribution >= 0.6 is 0 Å². The number of pyridine rings is 1. The Morgan fingerprint density at radius 3 is 2.80 bits per heavy atom. The molecule has 4 rings (SSSR count). The van der Waals surface area contributed by atoms with Crippen LogP contribution in [0, 0.1) is 0 Å². The van der Waals surface area contributed by atoms with E-state index in [1.807, 2.05) is 48.7 Å². The molecule has 0 bridgehead atoms. The standard InChI is InChI=1S/C17H14N2O/c1-2-4-13(5-3-1)20-14-6-7-16-15(10-14)17-12(11-19-16)8-9-18-17/h1-7,10-11,18H,8-9H2. The summed E-state index contributed by atoms with van der Waals surface area (Å²) in [4.78, 5) is 4.51. The molecule has 0 unspecified atom stereocenters. The lowest BCUT2D eigenvalue weighted by Crippen LogP contribution is -1.92. The quantitative estimate of drug-likeness (QED) is 0.758. The van der Waals surface area contributed by atoms with Crippen LogP contribution in [0.5, 0.6) is 11.5 Å².